The molecule has 1 aliphatic rings. The van der Waals surface area contributed by atoms with E-state index in [-0.39, 0.29) is 5.43 Å². The van der Waals surface area contributed by atoms with Gasteiger partial charge < -0.3 is 5.11 Å². The number of fused-ring (bicyclic) bond motifs is 3. The van der Waals surface area contributed by atoms with Gasteiger partial charge in [-0.2, -0.15) is 0 Å². The zero-order valence-electron chi connectivity index (χ0n) is 8.66. The molecule has 0 saturated heterocycles. The molecule has 1 N–H and O–H groups in total. The highest BCUT2D eigenvalue weighted by Crippen LogP contribution is 2.30. The molecule has 0 saturated carbocycles. The molecule has 0 heterocycles. The van der Waals surface area contributed by atoms with E-state index in [1.54, 1.807) is 0 Å². The SMILES string of the molecule is O=c1c2c1-c1ccccc1C#CC(O)CC2. The second kappa shape index (κ2) is 3.33. The van der Waals surface area contributed by atoms with Crippen LogP contribution in [0.1, 0.15) is 17.5 Å². The summed E-state index contributed by atoms with van der Waals surface area (Å²) in [6, 6.07) is 7.61. The minimum Gasteiger partial charge on any atom is -0.380 e. The molecule has 1 unspecified atom stereocenters. The van der Waals surface area contributed by atoms with E-state index >= 15 is 0 Å². The summed E-state index contributed by atoms with van der Waals surface area (Å²) >= 11 is 0. The summed E-state index contributed by atoms with van der Waals surface area (Å²) < 4.78 is 0. The van der Waals surface area contributed by atoms with E-state index in [2.05, 4.69) is 11.8 Å². The standard InChI is InChI=1S/C14H10O2/c15-10-6-5-9-3-1-2-4-11(9)13-12(8-7-10)14(13)16/h1-4,10,15H,7-8H2. The Labute approximate surface area is 93.2 Å². The average Bonchev–Trinajstić information content (AvgIpc) is 2.92. The highest BCUT2D eigenvalue weighted by Gasteiger charge is 2.25. The van der Waals surface area contributed by atoms with Gasteiger partial charge in [-0.05, 0) is 18.9 Å². The molecule has 0 amide bonds. The van der Waals surface area contributed by atoms with Crippen LogP contribution in [0.25, 0.3) is 11.1 Å². The Kier molecular flexibility index (Phi) is 1.95. The third-order valence-electron chi connectivity index (χ3n) is 2.98. The van der Waals surface area contributed by atoms with E-state index in [0.717, 1.165) is 22.3 Å². The van der Waals surface area contributed by atoms with Gasteiger partial charge in [0, 0.05) is 22.3 Å². The normalized spacial score (nSPS) is 18.7. The molecule has 0 aliphatic heterocycles. The van der Waals surface area contributed by atoms with Crippen molar-refractivity contribution in [1.29, 1.82) is 0 Å². The van der Waals surface area contributed by atoms with Crippen LogP contribution in [-0.4, -0.2) is 11.2 Å². The van der Waals surface area contributed by atoms with E-state index in [1.807, 2.05) is 24.3 Å². The zero-order chi connectivity index (χ0) is 11.1. The van der Waals surface area contributed by atoms with Crippen LogP contribution in [0.2, 0.25) is 0 Å². The molecule has 2 aromatic rings. The summed E-state index contributed by atoms with van der Waals surface area (Å²) in [5, 5.41) is 9.58. The van der Waals surface area contributed by atoms with Crippen molar-refractivity contribution in [3.8, 4) is 23.0 Å². The molecule has 0 aromatic heterocycles. The summed E-state index contributed by atoms with van der Waals surface area (Å²) in [6.07, 6.45) is 0.553. The Morgan fingerprint density at radius 1 is 1.31 bits per heavy atom. The predicted octanol–water partition coefficient (Wildman–Crippen LogP) is 1.25. The first-order valence-electron chi connectivity index (χ1n) is 5.34. The molecule has 2 nitrogen and oxygen atoms in total. The topological polar surface area (TPSA) is 37.3 Å². The fourth-order valence-corrected chi connectivity index (χ4v) is 2.05. The Bertz CT molecular complexity index is 618. The lowest BCUT2D eigenvalue weighted by atomic mass is 10.1. The summed E-state index contributed by atoms with van der Waals surface area (Å²) in [7, 11) is 0. The highest BCUT2D eigenvalue weighted by atomic mass is 16.3. The van der Waals surface area contributed by atoms with Gasteiger partial charge in [-0.15, -0.1) is 0 Å². The van der Waals surface area contributed by atoms with Crippen molar-refractivity contribution in [3.05, 3.63) is 45.6 Å². The van der Waals surface area contributed by atoms with E-state index in [0.29, 0.717) is 12.8 Å². The van der Waals surface area contributed by atoms with Gasteiger partial charge in [0.25, 0.3) is 0 Å². The minimum atomic E-state index is -0.631. The minimum absolute atomic E-state index is 0.142. The smallest absolute Gasteiger partial charge is 0.190 e. The van der Waals surface area contributed by atoms with Crippen LogP contribution in [0, 0.1) is 11.8 Å². The lowest BCUT2D eigenvalue weighted by Gasteiger charge is -1.98. The predicted molar refractivity (Wildman–Crippen MR) is 61.7 cm³/mol. The van der Waals surface area contributed by atoms with Crippen molar-refractivity contribution >= 4 is 0 Å². The molecular weight excluding hydrogens is 200 g/mol. The summed E-state index contributed by atoms with van der Waals surface area (Å²) in [4.78, 5) is 11.6. The molecule has 16 heavy (non-hydrogen) atoms. The van der Waals surface area contributed by atoms with Gasteiger partial charge in [-0.25, -0.2) is 0 Å². The van der Waals surface area contributed by atoms with Crippen LogP contribution in [0.5, 0.6) is 0 Å². The first-order valence-corrected chi connectivity index (χ1v) is 5.34. The molecule has 0 spiro atoms. The molecule has 78 valence electrons. The maximum absolute atomic E-state index is 11.6. The van der Waals surface area contributed by atoms with Gasteiger partial charge in [0.05, 0.1) is 0 Å². The fraction of sp³-hybridized carbons (Fsp3) is 0.214. The Balaban J connectivity index is 2.20. The number of rotatable bonds is 0. The van der Waals surface area contributed by atoms with Gasteiger partial charge in [0.15, 0.2) is 5.43 Å². The van der Waals surface area contributed by atoms with Gasteiger partial charge in [0.2, 0.25) is 0 Å². The third-order valence-corrected chi connectivity index (χ3v) is 2.98. The number of hydrogen-bond acceptors (Lipinski definition) is 2. The van der Waals surface area contributed by atoms with Crippen LogP contribution in [0.4, 0.5) is 0 Å². The van der Waals surface area contributed by atoms with Gasteiger partial charge in [-0.3, -0.25) is 4.79 Å². The molecule has 2 aromatic carbocycles. The summed E-state index contributed by atoms with van der Waals surface area (Å²) in [5.41, 5.74) is 3.57. The maximum atomic E-state index is 11.6. The number of hydrogen-bond donors (Lipinski definition) is 1. The van der Waals surface area contributed by atoms with Crippen LogP contribution >= 0.6 is 0 Å². The number of aliphatic hydroxyl groups is 1. The quantitative estimate of drug-likeness (QED) is 0.664. The second-order valence-corrected chi connectivity index (χ2v) is 4.05. The van der Waals surface area contributed by atoms with Crippen LogP contribution in [0.15, 0.2) is 29.1 Å². The average molecular weight is 210 g/mol. The fourth-order valence-electron chi connectivity index (χ4n) is 2.05. The molecule has 3 rings (SSSR count). The molecule has 0 fully saturated rings. The lowest BCUT2D eigenvalue weighted by molar-refractivity contribution is 0.222. The maximum Gasteiger partial charge on any atom is 0.190 e. The van der Waals surface area contributed by atoms with Crippen molar-refractivity contribution in [1.82, 2.24) is 0 Å². The number of aliphatic hydroxyl groups excluding tert-OH is 1. The van der Waals surface area contributed by atoms with E-state index in [4.69, 9.17) is 0 Å². The molecular formula is C14H10O2. The van der Waals surface area contributed by atoms with E-state index < -0.39 is 6.10 Å². The van der Waals surface area contributed by atoms with Gasteiger partial charge in [-0.1, -0.05) is 30.0 Å². The summed E-state index contributed by atoms with van der Waals surface area (Å²) in [6.45, 7) is 0. The largest absolute Gasteiger partial charge is 0.380 e. The first-order chi connectivity index (χ1) is 7.77. The number of benzene rings is 1. The molecule has 1 atom stereocenters. The van der Waals surface area contributed by atoms with Crippen molar-refractivity contribution < 1.29 is 5.11 Å². The van der Waals surface area contributed by atoms with E-state index in [9.17, 15) is 9.90 Å². The Morgan fingerprint density at radius 2 is 2.12 bits per heavy atom. The summed E-state index contributed by atoms with van der Waals surface area (Å²) in [5.74, 6) is 5.75. The molecule has 0 bridgehead atoms. The van der Waals surface area contributed by atoms with Crippen molar-refractivity contribution in [2.75, 3.05) is 0 Å². The third kappa shape index (κ3) is 1.37. The Hall–Kier alpha value is -1.85. The molecule has 1 aliphatic carbocycles. The van der Waals surface area contributed by atoms with Crippen molar-refractivity contribution in [2.24, 2.45) is 0 Å². The van der Waals surface area contributed by atoms with Crippen LogP contribution < -0.4 is 5.43 Å². The molecule has 2 heteroatoms. The monoisotopic (exact) mass is 210 g/mol. The van der Waals surface area contributed by atoms with Crippen molar-refractivity contribution in [2.45, 2.75) is 18.9 Å². The van der Waals surface area contributed by atoms with Crippen LogP contribution in [0.3, 0.4) is 0 Å². The first kappa shape index (κ1) is 9.38. The Morgan fingerprint density at radius 3 is 3.00 bits per heavy atom. The van der Waals surface area contributed by atoms with Crippen molar-refractivity contribution in [3.63, 3.8) is 0 Å². The molecule has 0 radical (unpaired) electrons. The lowest BCUT2D eigenvalue weighted by Crippen LogP contribution is -2.04. The second-order valence-electron chi connectivity index (χ2n) is 4.05. The van der Waals surface area contributed by atoms with E-state index in [1.165, 1.54) is 0 Å². The highest BCUT2D eigenvalue weighted by molar-refractivity contribution is 5.81. The van der Waals surface area contributed by atoms with Gasteiger partial charge >= 0.3 is 0 Å². The zero-order valence-corrected chi connectivity index (χ0v) is 8.66. The van der Waals surface area contributed by atoms with Crippen LogP contribution in [-0.2, 0) is 6.42 Å². The van der Waals surface area contributed by atoms with Gasteiger partial charge in [0.1, 0.15) is 6.10 Å².